The molecule has 2 aromatic rings. The average molecular weight is 334 g/mol. The molecular formula is C17H20BrNO. The zero-order valence-corrected chi connectivity index (χ0v) is 13.8. The normalized spacial score (nSPS) is 10.6. The van der Waals surface area contributed by atoms with Gasteiger partial charge in [-0.3, -0.25) is 0 Å². The quantitative estimate of drug-likeness (QED) is 0.834. The van der Waals surface area contributed by atoms with E-state index in [2.05, 4.69) is 72.3 Å². The first-order valence-corrected chi connectivity index (χ1v) is 7.63. The van der Waals surface area contributed by atoms with Crippen molar-refractivity contribution in [3.8, 4) is 11.5 Å². The number of halogens is 1. The zero-order valence-electron chi connectivity index (χ0n) is 12.2. The minimum Gasteiger partial charge on any atom is -0.456 e. The SMILES string of the molecule is CCNCc1ccc(C)c(Oc2ccc(C)cc2Br)c1. The lowest BCUT2D eigenvalue weighted by atomic mass is 10.1. The van der Waals surface area contributed by atoms with Gasteiger partial charge in [-0.15, -0.1) is 0 Å². The fourth-order valence-electron chi connectivity index (χ4n) is 1.94. The van der Waals surface area contributed by atoms with Gasteiger partial charge in [0.25, 0.3) is 0 Å². The molecule has 0 fully saturated rings. The van der Waals surface area contributed by atoms with Gasteiger partial charge in [0.2, 0.25) is 0 Å². The van der Waals surface area contributed by atoms with E-state index in [0.29, 0.717) is 0 Å². The van der Waals surface area contributed by atoms with Crippen molar-refractivity contribution in [2.24, 2.45) is 0 Å². The number of benzene rings is 2. The van der Waals surface area contributed by atoms with Crippen molar-refractivity contribution in [2.75, 3.05) is 6.54 Å². The second kappa shape index (κ2) is 6.91. The van der Waals surface area contributed by atoms with Crippen LogP contribution in [0.5, 0.6) is 11.5 Å². The molecule has 0 unspecified atom stereocenters. The smallest absolute Gasteiger partial charge is 0.141 e. The second-order valence-electron chi connectivity index (χ2n) is 4.92. The minimum absolute atomic E-state index is 0.847. The number of hydrogen-bond donors (Lipinski definition) is 1. The van der Waals surface area contributed by atoms with Crippen molar-refractivity contribution in [2.45, 2.75) is 27.3 Å². The summed E-state index contributed by atoms with van der Waals surface area (Å²) in [5, 5.41) is 3.33. The molecule has 20 heavy (non-hydrogen) atoms. The van der Waals surface area contributed by atoms with Crippen LogP contribution in [0.2, 0.25) is 0 Å². The van der Waals surface area contributed by atoms with Crippen LogP contribution in [0.3, 0.4) is 0 Å². The monoisotopic (exact) mass is 333 g/mol. The van der Waals surface area contributed by atoms with Gasteiger partial charge in [-0.1, -0.05) is 25.1 Å². The van der Waals surface area contributed by atoms with Gasteiger partial charge in [0.1, 0.15) is 11.5 Å². The highest BCUT2D eigenvalue weighted by Gasteiger charge is 2.06. The van der Waals surface area contributed by atoms with E-state index < -0.39 is 0 Å². The Balaban J connectivity index is 2.23. The van der Waals surface area contributed by atoms with Gasteiger partial charge in [0.15, 0.2) is 0 Å². The van der Waals surface area contributed by atoms with E-state index in [1.165, 1.54) is 11.1 Å². The van der Waals surface area contributed by atoms with Crippen LogP contribution in [0.4, 0.5) is 0 Å². The first-order valence-electron chi connectivity index (χ1n) is 6.84. The van der Waals surface area contributed by atoms with Crippen molar-refractivity contribution in [1.82, 2.24) is 5.32 Å². The maximum Gasteiger partial charge on any atom is 0.141 e. The van der Waals surface area contributed by atoms with E-state index in [1.54, 1.807) is 0 Å². The molecule has 0 atom stereocenters. The van der Waals surface area contributed by atoms with Crippen molar-refractivity contribution in [3.05, 3.63) is 57.6 Å². The molecule has 0 radical (unpaired) electrons. The molecule has 2 aromatic carbocycles. The number of rotatable bonds is 5. The molecule has 0 bridgehead atoms. The van der Waals surface area contributed by atoms with Gasteiger partial charge in [-0.2, -0.15) is 0 Å². The Hall–Kier alpha value is -1.32. The first kappa shape index (κ1) is 15.1. The molecule has 0 aliphatic rings. The zero-order chi connectivity index (χ0) is 14.5. The van der Waals surface area contributed by atoms with Crippen LogP contribution in [-0.2, 0) is 6.54 Å². The highest BCUT2D eigenvalue weighted by atomic mass is 79.9. The van der Waals surface area contributed by atoms with Crippen LogP contribution < -0.4 is 10.1 Å². The van der Waals surface area contributed by atoms with E-state index in [1.807, 2.05) is 6.07 Å². The van der Waals surface area contributed by atoms with E-state index in [9.17, 15) is 0 Å². The number of ether oxygens (including phenoxy) is 1. The third-order valence-corrected chi connectivity index (χ3v) is 3.76. The molecule has 0 aromatic heterocycles. The molecule has 1 N–H and O–H groups in total. The van der Waals surface area contributed by atoms with Crippen molar-refractivity contribution >= 4 is 15.9 Å². The summed E-state index contributed by atoms with van der Waals surface area (Å²) >= 11 is 3.55. The van der Waals surface area contributed by atoms with Gasteiger partial charge < -0.3 is 10.1 Å². The average Bonchev–Trinajstić information content (AvgIpc) is 2.42. The van der Waals surface area contributed by atoms with E-state index in [4.69, 9.17) is 4.74 Å². The molecule has 0 aliphatic heterocycles. The first-order chi connectivity index (χ1) is 9.60. The fourth-order valence-corrected chi connectivity index (χ4v) is 2.52. The van der Waals surface area contributed by atoms with E-state index >= 15 is 0 Å². The molecule has 0 saturated heterocycles. The van der Waals surface area contributed by atoms with Gasteiger partial charge in [-0.25, -0.2) is 0 Å². The van der Waals surface area contributed by atoms with Crippen LogP contribution in [-0.4, -0.2) is 6.54 Å². The maximum atomic E-state index is 6.04. The summed E-state index contributed by atoms with van der Waals surface area (Å²) in [6.45, 7) is 8.07. The van der Waals surface area contributed by atoms with Gasteiger partial charge in [0.05, 0.1) is 4.47 Å². The van der Waals surface area contributed by atoms with Crippen LogP contribution in [0.15, 0.2) is 40.9 Å². The topological polar surface area (TPSA) is 21.3 Å². The van der Waals surface area contributed by atoms with E-state index in [-0.39, 0.29) is 0 Å². The van der Waals surface area contributed by atoms with Crippen molar-refractivity contribution < 1.29 is 4.74 Å². The summed E-state index contributed by atoms with van der Waals surface area (Å²) < 4.78 is 7.02. The van der Waals surface area contributed by atoms with Crippen molar-refractivity contribution in [1.29, 1.82) is 0 Å². The summed E-state index contributed by atoms with van der Waals surface area (Å²) in [5.41, 5.74) is 3.58. The van der Waals surface area contributed by atoms with Crippen molar-refractivity contribution in [3.63, 3.8) is 0 Å². The highest BCUT2D eigenvalue weighted by Crippen LogP contribution is 2.32. The van der Waals surface area contributed by atoms with Gasteiger partial charge >= 0.3 is 0 Å². The Labute approximate surface area is 129 Å². The molecule has 0 saturated carbocycles. The predicted molar refractivity (Wildman–Crippen MR) is 87.5 cm³/mol. The molecule has 0 spiro atoms. The summed E-state index contributed by atoms with van der Waals surface area (Å²) in [7, 11) is 0. The largest absolute Gasteiger partial charge is 0.456 e. The molecule has 3 heteroatoms. The lowest BCUT2D eigenvalue weighted by Gasteiger charge is -2.12. The molecular weight excluding hydrogens is 314 g/mol. The molecule has 106 valence electrons. The molecule has 0 aliphatic carbocycles. The lowest BCUT2D eigenvalue weighted by Crippen LogP contribution is -2.11. The third kappa shape index (κ3) is 3.84. The van der Waals surface area contributed by atoms with Gasteiger partial charge in [0, 0.05) is 6.54 Å². The third-order valence-electron chi connectivity index (χ3n) is 3.14. The second-order valence-corrected chi connectivity index (χ2v) is 5.77. The number of aryl methyl sites for hydroxylation is 2. The summed E-state index contributed by atoms with van der Waals surface area (Å²) in [5.74, 6) is 1.75. The molecule has 0 heterocycles. The maximum absolute atomic E-state index is 6.04. The Morgan fingerprint density at radius 1 is 1.05 bits per heavy atom. The minimum atomic E-state index is 0.847. The summed E-state index contributed by atoms with van der Waals surface area (Å²) in [6.07, 6.45) is 0. The van der Waals surface area contributed by atoms with E-state index in [0.717, 1.165) is 34.6 Å². The standard InChI is InChI=1S/C17H20BrNO/c1-4-19-11-14-7-6-13(3)17(10-14)20-16-8-5-12(2)9-15(16)18/h5-10,19H,4,11H2,1-3H3. The fraction of sp³-hybridized carbons (Fsp3) is 0.294. The number of nitrogens with one attached hydrogen (secondary N) is 1. The molecule has 0 amide bonds. The number of hydrogen-bond acceptors (Lipinski definition) is 2. The predicted octanol–water partition coefficient (Wildman–Crippen LogP) is 4.97. The van der Waals surface area contributed by atoms with Crippen LogP contribution >= 0.6 is 15.9 Å². The Morgan fingerprint density at radius 2 is 1.85 bits per heavy atom. The lowest BCUT2D eigenvalue weighted by molar-refractivity contribution is 0.474. The molecule has 2 nitrogen and oxygen atoms in total. The Morgan fingerprint density at radius 3 is 2.55 bits per heavy atom. The highest BCUT2D eigenvalue weighted by molar-refractivity contribution is 9.10. The molecule has 2 rings (SSSR count). The Kier molecular flexibility index (Phi) is 5.21. The summed E-state index contributed by atoms with van der Waals surface area (Å²) in [6, 6.07) is 12.4. The summed E-state index contributed by atoms with van der Waals surface area (Å²) in [4.78, 5) is 0. The van der Waals surface area contributed by atoms with Crippen LogP contribution in [0, 0.1) is 13.8 Å². The van der Waals surface area contributed by atoms with Crippen LogP contribution in [0.25, 0.3) is 0 Å². The van der Waals surface area contributed by atoms with Gasteiger partial charge in [-0.05, 0) is 71.2 Å². The van der Waals surface area contributed by atoms with Crippen LogP contribution in [0.1, 0.15) is 23.6 Å². The Bertz CT molecular complexity index is 596.